The lowest BCUT2D eigenvalue weighted by molar-refractivity contribution is 0.0342. The van der Waals surface area contributed by atoms with Crippen molar-refractivity contribution in [2.75, 3.05) is 50.9 Å². The van der Waals surface area contributed by atoms with E-state index in [1.807, 2.05) is 6.20 Å². The highest BCUT2D eigenvalue weighted by Crippen LogP contribution is 2.32. The number of hydrogen-bond acceptors (Lipinski definition) is 6. The van der Waals surface area contributed by atoms with Crippen molar-refractivity contribution in [3.05, 3.63) is 41.0 Å². The SMILES string of the molecule is CCN(CC)c1ccc(-c2nc3c(Cl)c(CN4CCOCC4)ccc3n2CCOC(C)C)cn1. The Morgan fingerprint density at radius 3 is 2.53 bits per heavy atom. The Kier molecular flexibility index (Phi) is 8.42. The van der Waals surface area contributed by atoms with Crippen molar-refractivity contribution in [1.29, 1.82) is 0 Å². The summed E-state index contributed by atoms with van der Waals surface area (Å²) >= 11 is 6.94. The zero-order valence-electron chi connectivity index (χ0n) is 20.8. The van der Waals surface area contributed by atoms with Gasteiger partial charge in [0.25, 0.3) is 0 Å². The summed E-state index contributed by atoms with van der Waals surface area (Å²) in [5, 5.41) is 0.724. The van der Waals surface area contributed by atoms with Gasteiger partial charge in [0.15, 0.2) is 0 Å². The quantitative estimate of drug-likeness (QED) is 0.409. The van der Waals surface area contributed by atoms with Gasteiger partial charge in [-0.05, 0) is 51.5 Å². The monoisotopic (exact) mass is 485 g/mol. The highest BCUT2D eigenvalue weighted by Gasteiger charge is 2.19. The molecule has 3 heterocycles. The van der Waals surface area contributed by atoms with Crippen LogP contribution in [-0.2, 0) is 22.6 Å². The molecule has 0 radical (unpaired) electrons. The van der Waals surface area contributed by atoms with Gasteiger partial charge in [-0.15, -0.1) is 0 Å². The fourth-order valence-corrected chi connectivity index (χ4v) is 4.66. The maximum absolute atomic E-state index is 6.94. The molecule has 1 saturated heterocycles. The third-order valence-corrected chi connectivity index (χ3v) is 6.72. The Hall–Kier alpha value is -2.19. The third-order valence-electron chi connectivity index (χ3n) is 6.30. The summed E-state index contributed by atoms with van der Waals surface area (Å²) in [5.74, 6) is 1.84. The summed E-state index contributed by atoms with van der Waals surface area (Å²) in [7, 11) is 0. The molecule has 0 unspecified atom stereocenters. The van der Waals surface area contributed by atoms with Crippen molar-refractivity contribution < 1.29 is 9.47 Å². The van der Waals surface area contributed by atoms with Crippen molar-refractivity contribution in [2.24, 2.45) is 0 Å². The first kappa shape index (κ1) is 24.9. The number of ether oxygens (including phenoxy) is 2. The Balaban J connectivity index is 1.70. The molecule has 0 atom stereocenters. The smallest absolute Gasteiger partial charge is 0.142 e. The highest BCUT2D eigenvalue weighted by atomic mass is 35.5. The van der Waals surface area contributed by atoms with E-state index >= 15 is 0 Å². The van der Waals surface area contributed by atoms with Crippen LogP contribution in [0.25, 0.3) is 22.4 Å². The van der Waals surface area contributed by atoms with E-state index in [1.54, 1.807) is 0 Å². The molecule has 7 nitrogen and oxygen atoms in total. The summed E-state index contributed by atoms with van der Waals surface area (Å²) in [6.07, 6.45) is 2.09. The summed E-state index contributed by atoms with van der Waals surface area (Å²) < 4.78 is 13.6. The highest BCUT2D eigenvalue weighted by molar-refractivity contribution is 6.35. The second-order valence-electron chi connectivity index (χ2n) is 8.88. The number of imidazole rings is 1. The average Bonchev–Trinajstić information content (AvgIpc) is 3.22. The molecule has 1 aliphatic rings. The van der Waals surface area contributed by atoms with Gasteiger partial charge < -0.3 is 18.9 Å². The minimum absolute atomic E-state index is 0.178. The minimum atomic E-state index is 0.178. The number of rotatable bonds is 10. The van der Waals surface area contributed by atoms with Gasteiger partial charge in [0, 0.05) is 51.0 Å². The standard InChI is InChI=1S/C26H36ClN5O2/c1-5-31(6-2)23-10-8-20(17-28-23)26-29-25-22(32(26)13-16-34-19(3)4)9-7-21(24(25)27)18-30-11-14-33-15-12-30/h7-10,17,19H,5-6,11-16,18H2,1-4H3. The Morgan fingerprint density at radius 2 is 1.88 bits per heavy atom. The van der Waals surface area contributed by atoms with Crippen LogP contribution in [0.4, 0.5) is 5.82 Å². The van der Waals surface area contributed by atoms with Crippen LogP contribution in [0.2, 0.25) is 5.02 Å². The predicted molar refractivity (Wildman–Crippen MR) is 139 cm³/mol. The van der Waals surface area contributed by atoms with Crippen molar-refractivity contribution in [3.8, 4) is 11.4 Å². The van der Waals surface area contributed by atoms with E-state index in [9.17, 15) is 0 Å². The number of pyridine rings is 1. The zero-order valence-corrected chi connectivity index (χ0v) is 21.5. The molecule has 3 aromatic rings. The Morgan fingerprint density at radius 1 is 1.12 bits per heavy atom. The Labute approximate surface area is 207 Å². The summed E-state index contributed by atoms with van der Waals surface area (Å²) in [6, 6.07) is 8.44. The van der Waals surface area contributed by atoms with Gasteiger partial charge in [0.2, 0.25) is 0 Å². The number of aromatic nitrogens is 3. The Bertz CT molecular complexity index is 1070. The van der Waals surface area contributed by atoms with Crippen LogP contribution in [0, 0.1) is 0 Å². The predicted octanol–water partition coefficient (Wildman–Crippen LogP) is 4.86. The van der Waals surface area contributed by atoms with Crippen molar-refractivity contribution >= 4 is 28.5 Å². The van der Waals surface area contributed by atoms with Crippen molar-refractivity contribution in [2.45, 2.75) is 46.9 Å². The van der Waals surface area contributed by atoms with Gasteiger partial charge >= 0.3 is 0 Å². The second-order valence-corrected chi connectivity index (χ2v) is 9.26. The van der Waals surface area contributed by atoms with E-state index in [0.717, 1.165) is 84.8 Å². The third kappa shape index (κ3) is 5.54. The molecule has 0 aliphatic carbocycles. The van der Waals surface area contributed by atoms with Crippen LogP contribution in [0.5, 0.6) is 0 Å². The molecule has 0 spiro atoms. The van der Waals surface area contributed by atoms with Gasteiger partial charge in [-0.3, -0.25) is 4.90 Å². The zero-order chi connectivity index (χ0) is 24.1. The molecule has 1 aliphatic heterocycles. The number of benzene rings is 1. The van der Waals surface area contributed by atoms with E-state index in [1.165, 1.54) is 0 Å². The fraction of sp³-hybridized carbons (Fsp3) is 0.538. The first-order valence-electron chi connectivity index (χ1n) is 12.3. The molecule has 2 aromatic heterocycles. The minimum Gasteiger partial charge on any atom is -0.379 e. The molecule has 0 amide bonds. The van der Waals surface area contributed by atoms with Crippen molar-refractivity contribution in [1.82, 2.24) is 19.4 Å². The molecule has 0 bridgehead atoms. The molecule has 1 aromatic carbocycles. The van der Waals surface area contributed by atoms with E-state index < -0.39 is 0 Å². The van der Waals surface area contributed by atoms with Gasteiger partial charge in [0.1, 0.15) is 17.2 Å². The first-order valence-corrected chi connectivity index (χ1v) is 12.7. The average molecular weight is 486 g/mol. The molecular formula is C26H36ClN5O2. The van der Waals surface area contributed by atoms with E-state index in [-0.39, 0.29) is 6.10 Å². The van der Waals surface area contributed by atoms with E-state index in [2.05, 4.69) is 66.3 Å². The van der Waals surface area contributed by atoms with Crippen LogP contribution < -0.4 is 4.90 Å². The molecule has 0 saturated carbocycles. The lowest BCUT2D eigenvalue weighted by Gasteiger charge is -2.26. The van der Waals surface area contributed by atoms with Crippen molar-refractivity contribution in [3.63, 3.8) is 0 Å². The number of morpholine rings is 1. The lowest BCUT2D eigenvalue weighted by Crippen LogP contribution is -2.35. The van der Waals surface area contributed by atoms with Gasteiger partial charge in [-0.25, -0.2) is 9.97 Å². The van der Waals surface area contributed by atoms with Gasteiger partial charge in [-0.2, -0.15) is 0 Å². The van der Waals surface area contributed by atoms with Gasteiger partial charge in [0.05, 0.1) is 36.5 Å². The molecule has 184 valence electrons. The maximum Gasteiger partial charge on any atom is 0.142 e. The molecule has 0 N–H and O–H groups in total. The number of halogens is 1. The van der Waals surface area contributed by atoms with Crippen LogP contribution >= 0.6 is 11.6 Å². The van der Waals surface area contributed by atoms with Gasteiger partial charge in [-0.1, -0.05) is 17.7 Å². The number of hydrogen-bond donors (Lipinski definition) is 0. The first-order chi connectivity index (χ1) is 16.5. The van der Waals surface area contributed by atoms with Crippen LogP contribution in [0.1, 0.15) is 33.3 Å². The fourth-order valence-electron chi connectivity index (χ4n) is 4.40. The largest absolute Gasteiger partial charge is 0.379 e. The van der Waals surface area contributed by atoms with Crippen LogP contribution in [0.15, 0.2) is 30.5 Å². The maximum atomic E-state index is 6.94. The molecule has 4 rings (SSSR count). The summed E-state index contributed by atoms with van der Waals surface area (Å²) in [5.41, 5.74) is 3.92. The molecule has 1 fully saturated rings. The number of nitrogens with zero attached hydrogens (tertiary/aromatic N) is 5. The molecule has 34 heavy (non-hydrogen) atoms. The normalized spacial score (nSPS) is 14.9. The molecular weight excluding hydrogens is 450 g/mol. The van der Waals surface area contributed by atoms with Crippen LogP contribution in [-0.4, -0.2) is 71.5 Å². The number of anilines is 1. The second kappa shape index (κ2) is 11.5. The summed E-state index contributed by atoms with van der Waals surface area (Å²) in [4.78, 5) is 14.4. The van der Waals surface area contributed by atoms with E-state index in [4.69, 9.17) is 31.0 Å². The lowest BCUT2D eigenvalue weighted by atomic mass is 10.1. The summed E-state index contributed by atoms with van der Waals surface area (Å²) in [6.45, 7) is 15.7. The number of fused-ring (bicyclic) bond motifs is 1. The van der Waals surface area contributed by atoms with E-state index in [0.29, 0.717) is 13.2 Å². The van der Waals surface area contributed by atoms with Crippen LogP contribution in [0.3, 0.4) is 0 Å². The topological polar surface area (TPSA) is 55.7 Å². The molecule has 8 heteroatoms.